The van der Waals surface area contributed by atoms with Crippen LogP contribution in [0.1, 0.15) is 112 Å². The lowest BCUT2D eigenvalue weighted by Gasteiger charge is -2.48. The van der Waals surface area contributed by atoms with E-state index in [1.165, 1.54) is 35.1 Å². The van der Waals surface area contributed by atoms with Crippen LogP contribution in [0.2, 0.25) is 0 Å². The van der Waals surface area contributed by atoms with Crippen LogP contribution in [0.25, 0.3) is 0 Å². The second-order valence-corrected chi connectivity index (χ2v) is 15.7. The van der Waals surface area contributed by atoms with Crippen molar-refractivity contribution in [2.24, 2.45) is 34.5 Å². The van der Waals surface area contributed by atoms with Gasteiger partial charge < -0.3 is 14.8 Å². The number of aryl methyl sites for hydroxylation is 2. The van der Waals surface area contributed by atoms with Crippen LogP contribution >= 0.6 is 0 Å². The Morgan fingerprint density at radius 1 is 0.667 bits per heavy atom. The number of ketones is 2. The van der Waals surface area contributed by atoms with E-state index in [1.807, 2.05) is 24.3 Å². The Kier molecular flexibility index (Phi) is 8.45. The molecule has 3 N–H and O–H groups in total. The van der Waals surface area contributed by atoms with Crippen molar-refractivity contribution >= 4 is 22.0 Å². The maximum absolute atomic E-state index is 12.3. The van der Waals surface area contributed by atoms with Crippen LogP contribution in [0.4, 0.5) is 0 Å². The molecule has 244 valence electrons. The van der Waals surface area contributed by atoms with Gasteiger partial charge in [-0.15, -0.1) is 0 Å². The number of fused-ring (bicyclic) bond motifs is 10. The fourth-order valence-corrected chi connectivity index (χ4v) is 10.7. The van der Waals surface area contributed by atoms with Crippen molar-refractivity contribution < 1.29 is 37.3 Å². The molecule has 0 saturated heterocycles. The number of aromatic hydroxyl groups is 2. The molecule has 8 nitrogen and oxygen atoms in total. The number of carbonyl (C=O) groups excluding carboxylic acids is 2. The molecular formula is C36H45O8S-. The molecule has 0 amide bonds. The lowest BCUT2D eigenvalue weighted by atomic mass is 9.55. The monoisotopic (exact) mass is 637 g/mol. The Hall–Kier alpha value is -2.75. The molecule has 0 heterocycles. The van der Waals surface area contributed by atoms with Gasteiger partial charge in [-0.1, -0.05) is 26.0 Å². The average molecular weight is 638 g/mol. The van der Waals surface area contributed by atoms with Gasteiger partial charge in [0.2, 0.25) is 10.4 Å². The molecule has 0 unspecified atom stereocenters. The number of hydrogen-bond donors (Lipinski definition) is 3. The van der Waals surface area contributed by atoms with Crippen LogP contribution in [0.3, 0.4) is 0 Å². The third kappa shape index (κ3) is 5.96. The number of carbonyl (C=O) groups is 2. The highest BCUT2D eigenvalue weighted by atomic mass is 32.3. The number of phenols is 2. The zero-order valence-corrected chi connectivity index (χ0v) is 27.0. The van der Waals surface area contributed by atoms with Gasteiger partial charge in [-0.05, 0) is 146 Å². The van der Waals surface area contributed by atoms with E-state index in [4.69, 9.17) is 17.5 Å². The fraction of sp³-hybridized carbons (Fsp3) is 0.611. The van der Waals surface area contributed by atoms with Gasteiger partial charge in [-0.25, -0.2) is 8.42 Å². The van der Waals surface area contributed by atoms with Gasteiger partial charge in [-0.3, -0.25) is 14.1 Å². The SMILES string of the molecule is C[C@]12CC[C@@H]3c4ccc(O)cc4CC[C@H]3[C@@H]1CCC2=O.C[C@]12CC[C@@H]3c4ccc(O)cc4CC[C@H]3[C@@H]1CCC2=O.O=S(=O)([O-])O. The molecule has 0 aliphatic heterocycles. The van der Waals surface area contributed by atoms with E-state index >= 15 is 0 Å². The van der Waals surface area contributed by atoms with Crippen LogP contribution in [0.15, 0.2) is 36.4 Å². The predicted octanol–water partition coefficient (Wildman–Crippen LogP) is 6.64. The molecule has 8 atom stereocenters. The molecule has 0 aromatic heterocycles. The number of hydrogen-bond acceptors (Lipinski definition) is 7. The number of benzene rings is 2. The van der Waals surface area contributed by atoms with Gasteiger partial charge in [0.15, 0.2) is 0 Å². The van der Waals surface area contributed by atoms with Crippen LogP contribution in [-0.4, -0.2) is 39.3 Å². The van der Waals surface area contributed by atoms with Gasteiger partial charge in [-0.2, -0.15) is 0 Å². The summed E-state index contributed by atoms with van der Waals surface area (Å²) in [5.74, 6) is 5.57. The first-order valence-corrected chi connectivity index (χ1v) is 17.9. The zero-order chi connectivity index (χ0) is 32.3. The molecule has 2 aromatic rings. The highest BCUT2D eigenvalue weighted by Gasteiger charge is 2.55. The Morgan fingerprint density at radius 3 is 1.42 bits per heavy atom. The summed E-state index contributed by atoms with van der Waals surface area (Å²) in [5, 5.41) is 19.3. The van der Waals surface area contributed by atoms with Gasteiger partial charge in [0.25, 0.3) is 0 Å². The van der Waals surface area contributed by atoms with Gasteiger partial charge in [0, 0.05) is 23.7 Å². The van der Waals surface area contributed by atoms with E-state index in [9.17, 15) is 19.8 Å². The van der Waals surface area contributed by atoms with E-state index in [0.717, 1.165) is 64.2 Å². The summed E-state index contributed by atoms with van der Waals surface area (Å²) in [7, 11) is -4.92. The average Bonchev–Trinajstić information content (AvgIpc) is 3.46. The van der Waals surface area contributed by atoms with Crippen molar-refractivity contribution in [1.82, 2.24) is 0 Å². The van der Waals surface area contributed by atoms with E-state index in [1.54, 1.807) is 0 Å². The summed E-state index contributed by atoms with van der Waals surface area (Å²) in [6.45, 7) is 4.44. The van der Waals surface area contributed by atoms with E-state index in [-0.39, 0.29) is 10.8 Å². The molecule has 45 heavy (non-hydrogen) atoms. The summed E-state index contributed by atoms with van der Waals surface area (Å²) in [6, 6.07) is 11.8. The van der Waals surface area contributed by atoms with Crippen molar-refractivity contribution in [3.8, 4) is 11.5 Å². The summed E-state index contributed by atoms with van der Waals surface area (Å²) < 4.78 is 32.8. The summed E-state index contributed by atoms with van der Waals surface area (Å²) in [5.41, 5.74) is 5.49. The first kappa shape index (κ1) is 32.2. The molecule has 2 aromatic carbocycles. The van der Waals surface area contributed by atoms with Crippen molar-refractivity contribution in [3.05, 3.63) is 58.7 Å². The third-order valence-electron chi connectivity index (χ3n) is 12.8. The topological polar surface area (TPSA) is 152 Å². The molecule has 8 rings (SSSR count). The van der Waals surface area contributed by atoms with Crippen molar-refractivity contribution in [1.29, 1.82) is 0 Å². The van der Waals surface area contributed by atoms with Crippen LogP contribution < -0.4 is 0 Å². The minimum atomic E-state index is -4.92. The smallest absolute Gasteiger partial charge is 0.215 e. The second-order valence-electron chi connectivity index (χ2n) is 14.9. The van der Waals surface area contributed by atoms with E-state index in [2.05, 4.69) is 26.0 Å². The predicted molar refractivity (Wildman–Crippen MR) is 168 cm³/mol. The quantitative estimate of drug-likeness (QED) is 0.215. The van der Waals surface area contributed by atoms with E-state index < -0.39 is 10.4 Å². The standard InChI is InChI=1S/2C18H22O2.H2O4S/c2*1-18-9-8-14-13-5-3-12(19)10-11(13)2-4-15(14)16(18)6-7-17(18)20;1-5(2,3)4/h2*3,5,10,14-16,19H,2,4,6-9H2,1H3;(H2,1,2,3,4)/p-1/t2*14-,15-,16+,18+;/m11./s1. The van der Waals surface area contributed by atoms with Gasteiger partial charge in [0.1, 0.15) is 23.1 Å². The fourth-order valence-electron chi connectivity index (χ4n) is 10.7. The Bertz CT molecular complexity index is 1490. The van der Waals surface area contributed by atoms with Gasteiger partial charge in [0.05, 0.1) is 0 Å². The van der Waals surface area contributed by atoms with Gasteiger partial charge >= 0.3 is 0 Å². The summed E-state index contributed by atoms with van der Waals surface area (Å²) >= 11 is 0. The first-order chi connectivity index (χ1) is 21.2. The highest BCUT2D eigenvalue weighted by Crippen LogP contribution is 2.61. The van der Waals surface area contributed by atoms with Crippen LogP contribution in [0, 0.1) is 34.5 Å². The molecule has 6 aliphatic carbocycles. The Morgan fingerprint density at radius 2 is 1.04 bits per heavy atom. The van der Waals surface area contributed by atoms with Crippen LogP contribution in [-0.2, 0) is 32.8 Å². The maximum Gasteiger partial charge on any atom is 0.215 e. The molecule has 0 bridgehead atoms. The lowest BCUT2D eigenvalue weighted by molar-refractivity contribution is -0.130. The molecule has 6 aliphatic rings. The van der Waals surface area contributed by atoms with Crippen molar-refractivity contribution in [2.75, 3.05) is 0 Å². The number of Topliss-reactive ketones (excluding diaryl/α,β-unsaturated/α-hetero) is 2. The zero-order valence-electron chi connectivity index (χ0n) is 26.2. The largest absolute Gasteiger partial charge is 0.726 e. The number of rotatable bonds is 0. The van der Waals surface area contributed by atoms with E-state index in [0.29, 0.717) is 58.6 Å². The molecule has 4 fully saturated rings. The summed E-state index contributed by atoms with van der Waals surface area (Å²) in [4.78, 5) is 24.5. The normalized spacial score (nSPS) is 36.0. The van der Waals surface area contributed by atoms with Crippen LogP contribution in [0.5, 0.6) is 11.5 Å². The molecule has 9 heteroatoms. The number of phenolic OH excluding ortho intramolecular Hbond substituents is 2. The molecular weight excluding hydrogens is 592 g/mol. The minimum absolute atomic E-state index is 0.0322. The van der Waals surface area contributed by atoms with Crippen molar-refractivity contribution in [3.63, 3.8) is 0 Å². The maximum atomic E-state index is 12.3. The molecule has 0 spiro atoms. The Balaban J connectivity index is 0.000000139. The minimum Gasteiger partial charge on any atom is -0.726 e. The van der Waals surface area contributed by atoms with Crippen molar-refractivity contribution in [2.45, 2.75) is 103 Å². The second kappa shape index (κ2) is 11.8. The molecule has 4 saturated carbocycles. The lowest BCUT2D eigenvalue weighted by Crippen LogP contribution is -2.42. The first-order valence-electron chi connectivity index (χ1n) is 16.6. The Labute approximate surface area is 266 Å². The highest BCUT2D eigenvalue weighted by molar-refractivity contribution is 7.79. The third-order valence-corrected chi connectivity index (χ3v) is 12.8. The summed E-state index contributed by atoms with van der Waals surface area (Å²) in [6.07, 6.45) is 12.7. The molecule has 0 radical (unpaired) electrons.